The molecule has 0 spiro atoms. The highest BCUT2D eigenvalue weighted by Crippen LogP contribution is 2.00. The van der Waals surface area contributed by atoms with E-state index in [0.29, 0.717) is 11.9 Å². The van der Waals surface area contributed by atoms with Crippen LogP contribution in [0.1, 0.15) is 13.3 Å². The lowest BCUT2D eigenvalue weighted by atomic mass is 10.3. The standard InChI is InChI=1S/C11H22N4O/c1-10(9-16-3)14(2)6-4-7-15-8-5-11(12)13-15/h5,8,10H,4,6-7,9H2,1-3H3,(H2,12,13). The molecule has 1 aromatic rings. The first-order valence-corrected chi connectivity index (χ1v) is 5.61. The number of hydrogen-bond acceptors (Lipinski definition) is 4. The number of likely N-dealkylation sites (N-methyl/N-ethyl adjacent to an activating group) is 1. The third-order valence-electron chi connectivity index (χ3n) is 2.72. The molecular weight excluding hydrogens is 204 g/mol. The fourth-order valence-corrected chi connectivity index (χ4v) is 1.57. The van der Waals surface area contributed by atoms with Gasteiger partial charge in [0.2, 0.25) is 0 Å². The summed E-state index contributed by atoms with van der Waals surface area (Å²) in [6.45, 7) is 4.87. The Labute approximate surface area is 97.2 Å². The molecule has 5 nitrogen and oxygen atoms in total. The molecule has 1 unspecified atom stereocenters. The van der Waals surface area contributed by atoms with E-state index in [9.17, 15) is 0 Å². The number of aryl methyl sites for hydroxylation is 1. The number of rotatable bonds is 7. The Bertz CT molecular complexity index is 300. The fourth-order valence-electron chi connectivity index (χ4n) is 1.57. The molecule has 1 atom stereocenters. The Kier molecular flexibility index (Phi) is 5.28. The lowest BCUT2D eigenvalue weighted by Gasteiger charge is -2.23. The zero-order valence-electron chi connectivity index (χ0n) is 10.4. The van der Waals surface area contributed by atoms with E-state index in [0.717, 1.165) is 26.1 Å². The van der Waals surface area contributed by atoms with E-state index in [2.05, 4.69) is 24.0 Å². The predicted octanol–water partition coefficient (Wildman–Crippen LogP) is 0.822. The number of ether oxygens (including phenoxy) is 1. The molecule has 0 fully saturated rings. The molecule has 0 saturated heterocycles. The molecule has 0 saturated carbocycles. The van der Waals surface area contributed by atoms with Gasteiger partial charge in [-0.05, 0) is 33.0 Å². The fraction of sp³-hybridized carbons (Fsp3) is 0.727. The molecule has 92 valence electrons. The smallest absolute Gasteiger partial charge is 0.145 e. The average Bonchev–Trinajstić information content (AvgIpc) is 2.64. The van der Waals surface area contributed by atoms with E-state index in [4.69, 9.17) is 10.5 Å². The molecule has 0 amide bonds. The first-order chi connectivity index (χ1) is 7.63. The van der Waals surface area contributed by atoms with Gasteiger partial charge in [-0.15, -0.1) is 0 Å². The molecule has 0 bridgehead atoms. The van der Waals surface area contributed by atoms with Crippen LogP contribution in [-0.2, 0) is 11.3 Å². The van der Waals surface area contributed by atoms with Crippen molar-refractivity contribution in [2.24, 2.45) is 0 Å². The molecule has 1 rings (SSSR count). The normalized spacial score (nSPS) is 13.2. The summed E-state index contributed by atoms with van der Waals surface area (Å²) in [5.41, 5.74) is 5.54. The number of nitrogens with two attached hydrogens (primary N) is 1. The average molecular weight is 226 g/mol. The SMILES string of the molecule is COCC(C)N(C)CCCn1ccc(N)n1. The molecular formula is C11H22N4O. The maximum Gasteiger partial charge on any atom is 0.145 e. The highest BCUT2D eigenvalue weighted by Gasteiger charge is 2.07. The van der Waals surface area contributed by atoms with Gasteiger partial charge >= 0.3 is 0 Å². The van der Waals surface area contributed by atoms with Gasteiger partial charge in [-0.1, -0.05) is 0 Å². The number of aromatic nitrogens is 2. The van der Waals surface area contributed by atoms with E-state index in [1.165, 1.54) is 0 Å². The lowest BCUT2D eigenvalue weighted by molar-refractivity contribution is 0.114. The Morgan fingerprint density at radius 1 is 1.62 bits per heavy atom. The Morgan fingerprint density at radius 3 is 2.94 bits per heavy atom. The van der Waals surface area contributed by atoms with E-state index in [1.54, 1.807) is 7.11 Å². The van der Waals surface area contributed by atoms with Gasteiger partial charge in [0.15, 0.2) is 0 Å². The molecule has 0 aliphatic carbocycles. The van der Waals surface area contributed by atoms with E-state index in [1.807, 2.05) is 16.9 Å². The van der Waals surface area contributed by atoms with Crippen molar-refractivity contribution in [3.8, 4) is 0 Å². The van der Waals surface area contributed by atoms with Gasteiger partial charge in [0.25, 0.3) is 0 Å². The molecule has 5 heteroatoms. The van der Waals surface area contributed by atoms with Gasteiger partial charge in [-0.3, -0.25) is 4.68 Å². The minimum Gasteiger partial charge on any atom is -0.383 e. The van der Waals surface area contributed by atoms with Crippen LogP contribution in [0.3, 0.4) is 0 Å². The van der Waals surface area contributed by atoms with E-state index in [-0.39, 0.29) is 0 Å². The van der Waals surface area contributed by atoms with Crippen molar-refractivity contribution in [1.82, 2.24) is 14.7 Å². The minimum absolute atomic E-state index is 0.452. The van der Waals surface area contributed by atoms with Gasteiger partial charge < -0.3 is 15.4 Å². The summed E-state index contributed by atoms with van der Waals surface area (Å²) in [5, 5.41) is 4.14. The second-order valence-corrected chi connectivity index (χ2v) is 4.14. The third-order valence-corrected chi connectivity index (χ3v) is 2.72. The molecule has 1 aromatic heterocycles. The van der Waals surface area contributed by atoms with Crippen LogP contribution in [0.4, 0.5) is 5.82 Å². The highest BCUT2D eigenvalue weighted by molar-refractivity contribution is 5.23. The van der Waals surface area contributed by atoms with Crippen molar-refractivity contribution in [3.05, 3.63) is 12.3 Å². The van der Waals surface area contributed by atoms with Crippen molar-refractivity contribution in [2.45, 2.75) is 25.9 Å². The third kappa shape index (κ3) is 4.20. The van der Waals surface area contributed by atoms with Crippen LogP contribution >= 0.6 is 0 Å². The maximum absolute atomic E-state index is 5.54. The largest absolute Gasteiger partial charge is 0.383 e. The van der Waals surface area contributed by atoms with Crippen LogP contribution in [0.15, 0.2) is 12.3 Å². The first kappa shape index (κ1) is 13.0. The molecule has 0 aliphatic heterocycles. The number of hydrogen-bond donors (Lipinski definition) is 1. The van der Waals surface area contributed by atoms with Gasteiger partial charge in [0, 0.05) is 25.9 Å². The lowest BCUT2D eigenvalue weighted by Crippen LogP contribution is -2.33. The second kappa shape index (κ2) is 6.50. The molecule has 0 aromatic carbocycles. The first-order valence-electron chi connectivity index (χ1n) is 5.61. The number of nitrogen functional groups attached to an aromatic ring is 1. The van der Waals surface area contributed by atoms with E-state index >= 15 is 0 Å². The molecule has 1 heterocycles. The summed E-state index contributed by atoms with van der Waals surface area (Å²) >= 11 is 0. The Hall–Kier alpha value is -1.07. The van der Waals surface area contributed by atoms with Crippen molar-refractivity contribution in [2.75, 3.05) is 33.0 Å². The van der Waals surface area contributed by atoms with Crippen molar-refractivity contribution in [1.29, 1.82) is 0 Å². The topological polar surface area (TPSA) is 56.3 Å². The van der Waals surface area contributed by atoms with Crippen LogP contribution in [0.2, 0.25) is 0 Å². The number of anilines is 1. The predicted molar refractivity (Wildman–Crippen MR) is 65.2 cm³/mol. The molecule has 0 aliphatic rings. The summed E-state index contributed by atoms with van der Waals surface area (Å²) in [7, 11) is 3.85. The van der Waals surface area contributed by atoms with Crippen molar-refractivity contribution < 1.29 is 4.74 Å². The summed E-state index contributed by atoms with van der Waals surface area (Å²) in [6.07, 6.45) is 2.97. The Morgan fingerprint density at radius 2 is 2.38 bits per heavy atom. The van der Waals surface area contributed by atoms with Crippen LogP contribution in [-0.4, -0.2) is 48.0 Å². The molecule has 0 radical (unpaired) electrons. The zero-order chi connectivity index (χ0) is 12.0. The van der Waals surface area contributed by atoms with Crippen molar-refractivity contribution in [3.63, 3.8) is 0 Å². The highest BCUT2D eigenvalue weighted by atomic mass is 16.5. The quantitative estimate of drug-likeness (QED) is 0.748. The summed E-state index contributed by atoms with van der Waals surface area (Å²) in [6, 6.07) is 2.27. The van der Waals surface area contributed by atoms with Crippen LogP contribution in [0, 0.1) is 0 Å². The zero-order valence-corrected chi connectivity index (χ0v) is 10.4. The van der Waals surface area contributed by atoms with Crippen LogP contribution in [0.5, 0.6) is 0 Å². The molecule has 16 heavy (non-hydrogen) atoms. The Balaban J connectivity index is 2.19. The number of methoxy groups -OCH3 is 1. The summed E-state index contributed by atoms with van der Waals surface area (Å²) in [5.74, 6) is 0.584. The monoisotopic (exact) mass is 226 g/mol. The van der Waals surface area contributed by atoms with Gasteiger partial charge in [-0.2, -0.15) is 5.10 Å². The summed E-state index contributed by atoms with van der Waals surface area (Å²) < 4.78 is 7.00. The minimum atomic E-state index is 0.452. The van der Waals surface area contributed by atoms with E-state index < -0.39 is 0 Å². The van der Waals surface area contributed by atoms with Gasteiger partial charge in [0.05, 0.1) is 6.61 Å². The van der Waals surface area contributed by atoms with Gasteiger partial charge in [0.1, 0.15) is 5.82 Å². The van der Waals surface area contributed by atoms with Crippen LogP contribution < -0.4 is 5.73 Å². The van der Waals surface area contributed by atoms with Gasteiger partial charge in [-0.25, -0.2) is 0 Å². The second-order valence-electron chi connectivity index (χ2n) is 4.14. The van der Waals surface area contributed by atoms with Crippen LogP contribution in [0.25, 0.3) is 0 Å². The summed E-state index contributed by atoms with van der Waals surface area (Å²) in [4.78, 5) is 2.29. The maximum atomic E-state index is 5.54. The number of nitrogens with zero attached hydrogens (tertiary/aromatic N) is 3. The molecule has 2 N–H and O–H groups in total. The van der Waals surface area contributed by atoms with Crippen molar-refractivity contribution >= 4 is 5.82 Å².